The normalized spacial score (nSPS) is 21.0. The predicted octanol–water partition coefficient (Wildman–Crippen LogP) is 0.545. The van der Waals surface area contributed by atoms with Gasteiger partial charge in [-0.3, -0.25) is 4.79 Å². The fraction of sp³-hybridized carbons (Fsp3) is 0.400. The van der Waals surface area contributed by atoms with Crippen molar-refractivity contribution in [1.82, 2.24) is 20.1 Å². The van der Waals surface area contributed by atoms with Crippen molar-refractivity contribution >= 4 is 11.6 Å². The Hall–Kier alpha value is -2.25. The van der Waals surface area contributed by atoms with E-state index in [0.717, 1.165) is 11.4 Å². The zero-order valence-corrected chi connectivity index (χ0v) is 12.6. The number of rotatable bonds is 3. The Kier molecular flexibility index (Phi) is 3.91. The molecule has 3 N–H and O–H groups in total. The highest BCUT2D eigenvalue weighted by molar-refractivity contribution is 5.95. The van der Waals surface area contributed by atoms with Gasteiger partial charge in [-0.2, -0.15) is 5.10 Å². The third-order valence-corrected chi connectivity index (χ3v) is 3.67. The van der Waals surface area contributed by atoms with E-state index >= 15 is 0 Å². The summed E-state index contributed by atoms with van der Waals surface area (Å²) >= 11 is 0. The molecule has 3 heterocycles. The zero-order valence-electron chi connectivity index (χ0n) is 12.6. The molecule has 1 amide bonds. The SMILES string of the molecule is Cc1cc(C)n(-c2ccc(NC(=O)[C@@H]3C[C@@H](O)CN3)cn2)n1. The summed E-state index contributed by atoms with van der Waals surface area (Å²) in [6.45, 7) is 4.35. The van der Waals surface area contributed by atoms with Gasteiger partial charge in [0.2, 0.25) is 5.91 Å². The molecule has 1 fully saturated rings. The standard InChI is InChI=1S/C15H19N5O2/c1-9-5-10(2)20(19-9)14-4-3-11(7-17-14)18-15(22)13-6-12(21)8-16-13/h3-5,7,12-13,16,21H,6,8H2,1-2H3,(H,18,22)/t12-,13+/m1/s1. The minimum Gasteiger partial charge on any atom is -0.392 e. The molecule has 1 aliphatic heterocycles. The summed E-state index contributed by atoms with van der Waals surface area (Å²) in [4.78, 5) is 16.4. The Balaban J connectivity index is 1.69. The van der Waals surface area contributed by atoms with Gasteiger partial charge in [0, 0.05) is 12.2 Å². The third-order valence-electron chi connectivity index (χ3n) is 3.67. The van der Waals surface area contributed by atoms with Crippen molar-refractivity contribution in [3.8, 4) is 5.82 Å². The van der Waals surface area contributed by atoms with Crippen LogP contribution in [0.15, 0.2) is 24.4 Å². The number of carbonyl (C=O) groups excluding carboxylic acids is 1. The number of aliphatic hydroxyl groups is 1. The lowest BCUT2D eigenvalue weighted by molar-refractivity contribution is -0.117. The van der Waals surface area contributed by atoms with Crippen molar-refractivity contribution in [2.45, 2.75) is 32.4 Å². The number of nitrogens with one attached hydrogen (secondary N) is 2. The van der Waals surface area contributed by atoms with Gasteiger partial charge in [0.15, 0.2) is 5.82 Å². The first-order valence-electron chi connectivity index (χ1n) is 7.25. The van der Waals surface area contributed by atoms with Crippen LogP contribution in [0, 0.1) is 13.8 Å². The number of aliphatic hydroxyl groups excluding tert-OH is 1. The molecular weight excluding hydrogens is 282 g/mol. The van der Waals surface area contributed by atoms with Crippen molar-refractivity contribution in [3.05, 3.63) is 35.8 Å². The van der Waals surface area contributed by atoms with Gasteiger partial charge in [-0.1, -0.05) is 0 Å². The topological polar surface area (TPSA) is 92.1 Å². The van der Waals surface area contributed by atoms with Crippen LogP contribution >= 0.6 is 0 Å². The van der Waals surface area contributed by atoms with E-state index < -0.39 is 6.10 Å². The van der Waals surface area contributed by atoms with Crippen molar-refractivity contribution in [2.75, 3.05) is 11.9 Å². The summed E-state index contributed by atoms with van der Waals surface area (Å²) < 4.78 is 1.76. The average Bonchev–Trinajstić information content (AvgIpc) is 3.05. The summed E-state index contributed by atoms with van der Waals surface area (Å²) in [5.74, 6) is 0.551. The largest absolute Gasteiger partial charge is 0.392 e. The number of pyridine rings is 1. The summed E-state index contributed by atoms with van der Waals surface area (Å²) in [7, 11) is 0. The van der Waals surface area contributed by atoms with Gasteiger partial charge in [0.25, 0.3) is 0 Å². The summed E-state index contributed by atoms with van der Waals surface area (Å²) in [5.41, 5.74) is 2.56. The molecule has 1 saturated heterocycles. The molecule has 0 spiro atoms. The number of amides is 1. The van der Waals surface area contributed by atoms with Gasteiger partial charge in [0.1, 0.15) is 0 Å². The van der Waals surface area contributed by atoms with E-state index in [1.54, 1.807) is 16.9 Å². The van der Waals surface area contributed by atoms with Crippen molar-refractivity contribution < 1.29 is 9.90 Å². The van der Waals surface area contributed by atoms with Gasteiger partial charge in [-0.15, -0.1) is 0 Å². The van der Waals surface area contributed by atoms with E-state index in [9.17, 15) is 9.90 Å². The van der Waals surface area contributed by atoms with Crippen LogP contribution in [0.3, 0.4) is 0 Å². The molecule has 0 unspecified atom stereocenters. The van der Waals surface area contributed by atoms with E-state index in [1.165, 1.54) is 0 Å². The minimum absolute atomic E-state index is 0.155. The number of hydrogen-bond acceptors (Lipinski definition) is 5. The second kappa shape index (κ2) is 5.86. The maximum absolute atomic E-state index is 12.0. The smallest absolute Gasteiger partial charge is 0.241 e. The van der Waals surface area contributed by atoms with Crippen LogP contribution in [0.1, 0.15) is 17.8 Å². The van der Waals surface area contributed by atoms with Crippen LogP contribution in [-0.4, -0.2) is 44.5 Å². The molecule has 0 radical (unpaired) electrons. The molecule has 7 nitrogen and oxygen atoms in total. The van der Waals surface area contributed by atoms with Crippen LogP contribution in [0.25, 0.3) is 5.82 Å². The van der Waals surface area contributed by atoms with Crippen LogP contribution in [-0.2, 0) is 4.79 Å². The lowest BCUT2D eigenvalue weighted by atomic mass is 10.2. The van der Waals surface area contributed by atoms with Gasteiger partial charge in [-0.05, 0) is 38.5 Å². The highest BCUT2D eigenvalue weighted by atomic mass is 16.3. The maximum Gasteiger partial charge on any atom is 0.241 e. The first-order chi connectivity index (χ1) is 10.5. The molecule has 1 aliphatic rings. The van der Waals surface area contributed by atoms with Crippen LogP contribution in [0.5, 0.6) is 0 Å². The summed E-state index contributed by atoms with van der Waals surface area (Å²) in [5, 5.41) is 19.6. The maximum atomic E-state index is 12.0. The number of anilines is 1. The number of hydrogen-bond donors (Lipinski definition) is 3. The average molecular weight is 301 g/mol. The van der Waals surface area contributed by atoms with Gasteiger partial charge in [0.05, 0.1) is 29.7 Å². The zero-order chi connectivity index (χ0) is 15.7. The number of aromatic nitrogens is 3. The molecular formula is C15H19N5O2. The predicted molar refractivity (Wildman–Crippen MR) is 81.9 cm³/mol. The second-order valence-electron chi connectivity index (χ2n) is 5.58. The summed E-state index contributed by atoms with van der Waals surface area (Å²) in [6, 6.07) is 5.23. The van der Waals surface area contributed by atoms with Crippen molar-refractivity contribution in [2.24, 2.45) is 0 Å². The molecule has 0 aromatic carbocycles. The third kappa shape index (κ3) is 3.00. The second-order valence-corrected chi connectivity index (χ2v) is 5.58. The highest BCUT2D eigenvalue weighted by Gasteiger charge is 2.27. The lowest BCUT2D eigenvalue weighted by Gasteiger charge is -2.11. The van der Waals surface area contributed by atoms with Gasteiger partial charge < -0.3 is 15.7 Å². The molecule has 116 valence electrons. The molecule has 0 saturated carbocycles. The molecule has 2 aromatic rings. The van der Waals surface area contributed by atoms with E-state index in [2.05, 4.69) is 20.7 Å². The van der Waals surface area contributed by atoms with E-state index in [0.29, 0.717) is 24.5 Å². The van der Waals surface area contributed by atoms with Crippen molar-refractivity contribution in [1.29, 1.82) is 0 Å². The van der Waals surface area contributed by atoms with Crippen LogP contribution < -0.4 is 10.6 Å². The Bertz CT molecular complexity index is 680. The van der Waals surface area contributed by atoms with Crippen molar-refractivity contribution in [3.63, 3.8) is 0 Å². The first kappa shape index (κ1) is 14.7. The Morgan fingerprint density at radius 1 is 1.45 bits per heavy atom. The fourth-order valence-corrected chi connectivity index (χ4v) is 2.59. The first-order valence-corrected chi connectivity index (χ1v) is 7.25. The monoisotopic (exact) mass is 301 g/mol. The minimum atomic E-state index is -0.456. The quantitative estimate of drug-likeness (QED) is 0.770. The Labute approximate surface area is 128 Å². The summed E-state index contributed by atoms with van der Waals surface area (Å²) in [6.07, 6.45) is 1.58. The van der Waals surface area contributed by atoms with E-state index in [4.69, 9.17) is 0 Å². The Morgan fingerprint density at radius 3 is 2.82 bits per heavy atom. The number of aryl methyl sites for hydroxylation is 2. The van der Waals surface area contributed by atoms with Crippen LogP contribution in [0.2, 0.25) is 0 Å². The molecule has 0 bridgehead atoms. The number of β-amino-alcohol motifs (C(OH)–C–C–N with tert-alkyl or cyclic N) is 1. The van der Waals surface area contributed by atoms with E-state index in [1.807, 2.05) is 26.0 Å². The molecule has 2 aromatic heterocycles. The van der Waals surface area contributed by atoms with E-state index in [-0.39, 0.29) is 11.9 Å². The fourth-order valence-electron chi connectivity index (χ4n) is 2.59. The van der Waals surface area contributed by atoms with Crippen LogP contribution in [0.4, 0.5) is 5.69 Å². The molecule has 22 heavy (non-hydrogen) atoms. The lowest BCUT2D eigenvalue weighted by Crippen LogP contribution is -2.35. The highest BCUT2D eigenvalue weighted by Crippen LogP contribution is 2.14. The Morgan fingerprint density at radius 2 is 2.27 bits per heavy atom. The molecule has 7 heteroatoms. The molecule has 3 rings (SSSR count). The molecule has 0 aliphatic carbocycles. The van der Waals surface area contributed by atoms with Gasteiger partial charge in [-0.25, -0.2) is 9.67 Å². The van der Waals surface area contributed by atoms with Gasteiger partial charge >= 0.3 is 0 Å². The molecule has 2 atom stereocenters. The number of nitrogens with zero attached hydrogens (tertiary/aromatic N) is 3. The number of carbonyl (C=O) groups is 1.